The van der Waals surface area contributed by atoms with Crippen molar-refractivity contribution in [2.75, 3.05) is 13.1 Å². The molecule has 1 saturated heterocycles. The van der Waals surface area contributed by atoms with E-state index in [-0.39, 0.29) is 18.0 Å². The average molecular weight is 479 g/mol. The maximum Gasteiger partial charge on any atom is 0.252 e. The maximum absolute atomic E-state index is 14.1. The van der Waals surface area contributed by atoms with E-state index in [1.807, 2.05) is 60.7 Å². The van der Waals surface area contributed by atoms with Crippen molar-refractivity contribution in [3.05, 3.63) is 102 Å². The molecule has 184 valence electrons. The molecule has 2 heterocycles. The van der Waals surface area contributed by atoms with Gasteiger partial charge in [-0.25, -0.2) is 4.98 Å². The minimum Gasteiger partial charge on any atom is -0.345 e. The van der Waals surface area contributed by atoms with Crippen molar-refractivity contribution in [1.82, 2.24) is 15.2 Å². The molecule has 0 unspecified atom stereocenters. The SMILES string of the molecule is CC[C@H](NC(=O)c1c(CN2CCC(N)CC2)c(-c2ccccc2)nc2ccccc12)c1ccccc1. The van der Waals surface area contributed by atoms with Gasteiger partial charge in [-0.1, -0.05) is 85.8 Å². The second-order valence-corrected chi connectivity index (χ2v) is 9.66. The van der Waals surface area contributed by atoms with Crippen LogP contribution < -0.4 is 11.1 Å². The van der Waals surface area contributed by atoms with Crippen LogP contribution in [0.3, 0.4) is 0 Å². The first-order valence-corrected chi connectivity index (χ1v) is 12.9. The van der Waals surface area contributed by atoms with Crippen molar-refractivity contribution >= 4 is 16.8 Å². The first kappa shape index (κ1) is 24.2. The number of fused-ring (bicyclic) bond motifs is 1. The predicted octanol–water partition coefficient (Wildman–Crippen LogP) is 5.71. The number of para-hydroxylation sites is 1. The molecule has 5 heteroatoms. The average Bonchev–Trinajstić information content (AvgIpc) is 2.93. The van der Waals surface area contributed by atoms with Crippen LogP contribution in [0.5, 0.6) is 0 Å². The summed E-state index contributed by atoms with van der Waals surface area (Å²) >= 11 is 0. The van der Waals surface area contributed by atoms with E-state index in [1.54, 1.807) is 0 Å². The van der Waals surface area contributed by atoms with Crippen LogP contribution >= 0.6 is 0 Å². The summed E-state index contributed by atoms with van der Waals surface area (Å²) in [5.41, 5.74) is 11.7. The molecule has 0 spiro atoms. The standard InChI is InChI=1S/C31H34N4O/c1-2-27(22-11-5-3-6-12-22)34-31(36)29-25-15-9-10-16-28(25)33-30(23-13-7-4-8-14-23)26(29)21-35-19-17-24(32)18-20-35/h3-16,24,27H,2,17-21,32H2,1H3,(H,34,36)/t27-/m0/s1. The van der Waals surface area contributed by atoms with Gasteiger partial charge in [0.15, 0.2) is 0 Å². The number of nitrogens with two attached hydrogens (primary N) is 1. The second-order valence-electron chi connectivity index (χ2n) is 9.66. The summed E-state index contributed by atoms with van der Waals surface area (Å²) in [6.07, 6.45) is 2.74. The highest BCUT2D eigenvalue weighted by atomic mass is 16.1. The number of likely N-dealkylation sites (tertiary alicyclic amines) is 1. The van der Waals surface area contributed by atoms with E-state index in [2.05, 4.69) is 41.4 Å². The number of hydrogen-bond acceptors (Lipinski definition) is 4. The summed E-state index contributed by atoms with van der Waals surface area (Å²) in [6.45, 7) is 4.62. The highest BCUT2D eigenvalue weighted by Gasteiger charge is 2.26. The fourth-order valence-corrected chi connectivity index (χ4v) is 5.17. The number of nitrogens with one attached hydrogen (secondary N) is 1. The van der Waals surface area contributed by atoms with E-state index < -0.39 is 0 Å². The third-order valence-electron chi connectivity index (χ3n) is 7.20. The highest BCUT2D eigenvalue weighted by molar-refractivity contribution is 6.09. The normalized spacial score (nSPS) is 15.6. The van der Waals surface area contributed by atoms with Crippen LogP contribution in [0.1, 0.15) is 53.7 Å². The number of pyridine rings is 1. The Balaban J connectivity index is 1.63. The number of carbonyl (C=O) groups is 1. The minimum absolute atomic E-state index is 0.0507. The van der Waals surface area contributed by atoms with Crippen LogP contribution in [0.4, 0.5) is 0 Å². The van der Waals surface area contributed by atoms with Crippen LogP contribution in [0.25, 0.3) is 22.2 Å². The van der Waals surface area contributed by atoms with Gasteiger partial charge in [0.05, 0.1) is 22.8 Å². The van der Waals surface area contributed by atoms with Crippen molar-refractivity contribution < 1.29 is 4.79 Å². The largest absolute Gasteiger partial charge is 0.345 e. The third kappa shape index (κ3) is 5.18. The molecule has 1 aliphatic heterocycles. The van der Waals surface area contributed by atoms with Gasteiger partial charge in [-0.2, -0.15) is 0 Å². The molecule has 0 saturated carbocycles. The van der Waals surface area contributed by atoms with Gasteiger partial charge >= 0.3 is 0 Å². The summed E-state index contributed by atoms with van der Waals surface area (Å²) < 4.78 is 0. The quantitative estimate of drug-likeness (QED) is 0.357. The molecule has 1 aliphatic rings. The minimum atomic E-state index is -0.0633. The Hall–Kier alpha value is -3.54. The fraction of sp³-hybridized carbons (Fsp3) is 0.290. The lowest BCUT2D eigenvalue weighted by Crippen LogP contribution is -2.40. The van der Waals surface area contributed by atoms with E-state index in [0.717, 1.165) is 71.2 Å². The van der Waals surface area contributed by atoms with E-state index in [4.69, 9.17) is 10.7 Å². The molecular weight excluding hydrogens is 444 g/mol. The summed E-state index contributed by atoms with van der Waals surface area (Å²) in [5, 5.41) is 4.24. The Morgan fingerprint density at radius 3 is 2.31 bits per heavy atom. The lowest BCUT2D eigenvalue weighted by molar-refractivity contribution is 0.0934. The molecular formula is C31H34N4O. The number of amides is 1. The second kappa shape index (κ2) is 11.0. The zero-order valence-electron chi connectivity index (χ0n) is 20.9. The van der Waals surface area contributed by atoms with Crippen LogP contribution in [0.15, 0.2) is 84.9 Å². The molecule has 1 aromatic heterocycles. The van der Waals surface area contributed by atoms with Crippen molar-refractivity contribution in [3.63, 3.8) is 0 Å². The lowest BCUT2D eigenvalue weighted by Gasteiger charge is -2.31. The summed E-state index contributed by atoms with van der Waals surface area (Å²) in [4.78, 5) is 21.6. The number of hydrogen-bond donors (Lipinski definition) is 2. The maximum atomic E-state index is 14.1. The van der Waals surface area contributed by atoms with Crippen LogP contribution in [-0.4, -0.2) is 34.9 Å². The van der Waals surface area contributed by atoms with Gasteiger partial charge in [0.25, 0.3) is 5.91 Å². The summed E-state index contributed by atoms with van der Waals surface area (Å²) in [6, 6.07) is 28.6. The first-order chi connectivity index (χ1) is 17.6. The molecule has 5 rings (SSSR count). The smallest absolute Gasteiger partial charge is 0.252 e. The van der Waals surface area contributed by atoms with Crippen LogP contribution in [-0.2, 0) is 6.54 Å². The highest BCUT2D eigenvalue weighted by Crippen LogP contribution is 2.32. The van der Waals surface area contributed by atoms with Gasteiger partial charge in [-0.3, -0.25) is 9.69 Å². The molecule has 0 bridgehead atoms. The summed E-state index contributed by atoms with van der Waals surface area (Å²) in [5.74, 6) is -0.0507. The third-order valence-corrected chi connectivity index (χ3v) is 7.20. The Kier molecular flexibility index (Phi) is 7.40. The van der Waals surface area contributed by atoms with Gasteiger partial charge in [0.2, 0.25) is 0 Å². The Morgan fingerprint density at radius 2 is 1.61 bits per heavy atom. The topological polar surface area (TPSA) is 71.2 Å². The number of aromatic nitrogens is 1. The molecule has 36 heavy (non-hydrogen) atoms. The number of carbonyl (C=O) groups excluding carboxylic acids is 1. The van der Waals surface area contributed by atoms with Crippen LogP contribution in [0, 0.1) is 0 Å². The Morgan fingerprint density at radius 1 is 0.972 bits per heavy atom. The number of nitrogens with zero attached hydrogens (tertiary/aromatic N) is 2. The van der Waals surface area contributed by atoms with Gasteiger partial charge < -0.3 is 11.1 Å². The van der Waals surface area contributed by atoms with Gasteiger partial charge in [0.1, 0.15) is 0 Å². The Bertz CT molecular complexity index is 1310. The fourth-order valence-electron chi connectivity index (χ4n) is 5.17. The molecule has 3 N–H and O–H groups in total. The zero-order chi connectivity index (χ0) is 24.9. The van der Waals surface area contributed by atoms with Gasteiger partial charge in [0, 0.05) is 29.1 Å². The van der Waals surface area contributed by atoms with E-state index in [9.17, 15) is 4.79 Å². The van der Waals surface area contributed by atoms with Crippen molar-refractivity contribution in [2.45, 2.75) is 44.8 Å². The zero-order valence-corrected chi connectivity index (χ0v) is 20.9. The van der Waals surface area contributed by atoms with Crippen LogP contribution in [0.2, 0.25) is 0 Å². The lowest BCUT2D eigenvalue weighted by atomic mass is 9.94. The first-order valence-electron chi connectivity index (χ1n) is 12.9. The van der Waals surface area contributed by atoms with E-state index in [0.29, 0.717) is 6.54 Å². The van der Waals surface area contributed by atoms with E-state index >= 15 is 0 Å². The molecule has 1 atom stereocenters. The van der Waals surface area contributed by atoms with E-state index in [1.165, 1.54) is 0 Å². The number of rotatable bonds is 7. The molecule has 0 radical (unpaired) electrons. The van der Waals surface area contributed by atoms with Crippen molar-refractivity contribution in [1.29, 1.82) is 0 Å². The molecule has 0 aliphatic carbocycles. The number of benzene rings is 3. The van der Waals surface area contributed by atoms with Crippen molar-refractivity contribution in [3.8, 4) is 11.3 Å². The Labute approximate surface area is 213 Å². The predicted molar refractivity (Wildman–Crippen MR) is 147 cm³/mol. The molecule has 5 nitrogen and oxygen atoms in total. The van der Waals surface area contributed by atoms with Gasteiger partial charge in [-0.15, -0.1) is 0 Å². The monoisotopic (exact) mass is 478 g/mol. The van der Waals surface area contributed by atoms with Gasteiger partial charge in [-0.05, 0) is 44.0 Å². The number of piperidine rings is 1. The molecule has 3 aromatic carbocycles. The van der Waals surface area contributed by atoms with Crippen molar-refractivity contribution in [2.24, 2.45) is 5.73 Å². The molecule has 1 amide bonds. The summed E-state index contributed by atoms with van der Waals surface area (Å²) in [7, 11) is 0. The molecule has 4 aromatic rings. The molecule has 1 fully saturated rings.